The molecule has 172 valence electrons. The Morgan fingerprint density at radius 2 is 1.79 bits per heavy atom. The van der Waals surface area contributed by atoms with Crippen molar-refractivity contribution < 1.29 is 28.6 Å². The molecule has 3 aromatic rings. The lowest BCUT2D eigenvalue weighted by Gasteiger charge is -2.11. The van der Waals surface area contributed by atoms with Crippen LogP contribution in [0.25, 0.3) is 0 Å². The van der Waals surface area contributed by atoms with Crippen LogP contribution in [0.4, 0.5) is 0 Å². The van der Waals surface area contributed by atoms with Crippen LogP contribution in [0.5, 0.6) is 11.5 Å². The Kier molecular flexibility index (Phi) is 7.86. The normalized spacial score (nSPS) is 10.8. The molecule has 0 fully saturated rings. The highest BCUT2D eigenvalue weighted by Gasteiger charge is 2.22. The van der Waals surface area contributed by atoms with Gasteiger partial charge < -0.3 is 24.0 Å². The predicted molar refractivity (Wildman–Crippen MR) is 123 cm³/mol. The molecule has 1 N–H and O–H groups in total. The van der Waals surface area contributed by atoms with Gasteiger partial charge in [0.1, 0.15) is 6.61 Å². The highest BCUT2D eigenvalue weighted by Crippen LogP contribution is 2.28. The Balaban J connectivity index is 1.59. The summed E-state index contributed by atoms with van der Waals surface area (Å²) < 4.78 is 16.0. The highest BCUT2D eigenvalue weighted by molar-refractivity contribution is 6.02. The molecule has 1 aromatic heterocycles. The zero-order chi connectivity index (χ0) is 23.8. The fraction of sp³-hybridized carbons (Fsp3) is 0.240. The average Bonchev–Trinajstić information content (AvgIpc) is 3.14. The summed E-state index contributed by atoms with van der Waals surface area (Å²) in [5, 5.41) is 3.87. The molecule has 0 saturated heterocycles. The molecule has 8 nitrogen and oxygen atoms in total. The number of carbonyl (C=O) groups excluding carboxylic acids is 2. The van der Waals surface area contributed by atoms with E-state index in [1.807, 2.05) is 30.3 Å². The van der Waals surface area contributed by atoms with Crippen molar-refractivity contribution in [1.29, 1.82) is 0 Å². The molecular formula is C25H26N2O6. The quantitative estimate of drug-likeness (QED) is 0.215. The molecular weight excluding hydrogens is 424 g/mol. The van der Waals surface area contributed by atoms with Crippen molar-refractivity contribution in [1.82, 2.24) is 4.98 Å². The first-order valence-corrected chi connectivity index (χ1v) is 10.2. The standard InChI is InChI=1S/C25H26N2O6/c1-16-23(25(29)31-4)17(2)27-24(16)20(28)15-33-26-13-19-10-11-21(22(12-19)30-3)32-14-18-8-6-5-7-9-18/h5-13,27H,14-15H2,1-4H3/b26-13+. The Bertz CT molecular complexity index is 1150. The van der Waals surface area contributed by atoms with Crippen molar-refractivity contribution in [3.8, 4) is 11.5 Å². The number of aryl methyl sites for hydroxylation is 1. The van der Waals surface area contributed by atoms with Gasteiger partial charge in [0.2, 0.25) is 5.78 Å². The van der Waals surface area contributed by atoms with E-state index in [1.54, 1.807) is 39.2 Å². The van der Waals surface area contributed by atoms with Gasteiger partial charge in [0.05, 0.1) is 31.7 Å². The zero-order valence-electron chi connectivity index (χ0n) is 19.0. The summed E-state index contributed by atoms with van der Waals surface area (Å²) in [6.07, 6.45) is 1.48. The number of carbonyl (C=O) groups is 2. The van der Waals surface area contributed by atoms with E-state index in [9.17, 15) is 9.59 Å². The Hall–Kier alpha value is -4.07. The second-order valence-electron chi connectivity index (χ2n) is 7.23. The second-order valence-corrected chi connectivity index (χ2v) is 7.23. The minimum Gasteiger partial charge on any atom is -0.493 e. The van der Waals surface area contributed by atoms with E-state index in [4.69, 9.17) is 19.0 Å². The molecule has 0 unspecified atom stereocenters. The van der Waals surface area contributed by atoms with Crippen LogP contribution in [0.2, 0.25) is 0 Å². The third-order valence-electron chi connectivity index (χ3n) is 5.00. The van der Waals surface area contributed by atoms with Gasteiger partial charge in [-0.05, 0) is 43.2 Å². The van der Waals surface area contributed by atoms with Crippen LogP contribution in [-0.4, -0.2) is 43.8 Å². The molecule has 0 aliphatic heterocycles. The number of nitrogens with zero attached hydrogens (tertiary/aromatic N) is 1. The number of rotatable bonds is 10. The summed E-state index contributed by atoms with van der Waals surface area (Å²) >= 11 is 0. The van der Waals surface area contributed by atoms with Gasteiger partial charge in [-0.2, -0.15) is 0 Å². The molecule has 0 spiro atoms. The lowest BCUT2D eigenvalue weighted by molar-refractivity contribution is 0.0599. The minimum absolute atomic E-state index is 0.284. The van der Waals surface area contributed by atoms with Gasteiger partial charge in [-0.1, -0.05) is 35.5 Å². The monoisotopic (exact) mass is 450 g/mol. The molecule has 0 saturated carbocycles. The molecule has 0 amide bonds. The zero-order valence-corrected chi connectivity index (χ0v) is 19.0. The highest BCUT2D eigenvalue weighted by atomic mass is 16.6. The van der Waals surface area contributed by atoms with Gasteiger partial charge in [0, 0.05) is 11.3 Å². The van der Waals surface area contributed by atoms with E-state index in [2.05, 4.69) is 10.1 Å². The lowest BCUT2D eigenvalue weighted by Crippen LogP contribution is -2.10. The topological polar surface area (TPSA) is 99.2 Å². The molecule has 0 radical (unpaired) electrons. The fourth-order valence-corrected chi connectivity index (χ4v) is 3.32. The fourth-order valence-electron chi connectivity index (χ4n) is 3.32. The first-order chi connectivity index (χ1) is 15.9. The largest absolute Gasteiger partial charge is 0.493 e. The van der Waals surface area contributed by atoms with E-state index in [-0.39, 0.29) is 12.4 Å². The minimum atomic E-state index is -0.496. The average molecular weight is 450 g/mol. The molecule has 1 heterocycles. The summed E-state index contributed by atoms with van der Waals surface area (Å²) in [6, 6.07) is 15.2. The number of Topliss-reactive ketones (excluding diaryl/α,β-unsaturated/α-hetero) is 1. The summed E-state index contributed by atoms with van der Waals surface area (Å²) in [6.45, 7) is 3.52. The van der Waals surface area contributed by atoms with Crippen LogP contribution in [0.15, 0.2) is 53.7 Å². The number of ether oxygens (including phenoxy) is 3. The number of ketones is 1. The number of aromatic nitrogens is 1. The van der Waals surface area contributed by atoms with Gasteiger partial charge in [0.15, 0.2) is 18.1 Å². The molecule has 0 aliphatic rings. The number of esters is 1. The first kappa shape index (κ1) is 23.6. The lowest BCUT2D eigenvalue weighted by atomic mass is 10.1. The van der Waals surface area contributed by atoms with Crippen molar-refractivity contribution in [3.05, 3.63) is 82.2 Å². The number of H-pyrrole nitrogens is 1. The molecule has 0 aliphatic carbocycles. The van der Waals surface area contributed by atoms with Crippen LogP contribution in [0.3, 0.4) is 0 Å². The van der Waals surface area contributed by atoms with E-state index in [1.165, 1.54) is 13.3 Å². The summed E-state index contributed by atoms with van der Waals surface area (Å²) in [5.41, 5.74) is 3.50. The summed E-state index contributed by atoms with van der Waals surface area (Å²) in [7, 11) is 2.86. The molecule has 33 heavy (non-hydrogen) atoms. The molecule has 2 aromatic carbocycles. The Morgan fingerprint density at radius 1 is 1.03 bits per heavy atom. The number of nitrogens with one attached hydrogen (secondary N) is 1. The van der Waals surface area contributed by atoms with E-state index < -0.39 is 5.97 Å². The maximum atomic E-state index is 12.5. The number of benzene rings is 2. The molecule has 8 heteroatoms. The van der Waals surface area contributed by atoms with Gasteiger partial charge in [-0.3, -0.25) is 4.79 Å². The van der Waals surface area contributed by atoms with Crippen LogP contribution < -0.4 is 9.47 Å². The smallest absolute Gasteiger partial charge is 0.339 e. The summed E-state index contributed by atoms with van der Waals surface area (Å²) in [4.78, 5) is 32.4. The predicted octanol–water partition coefficient (Wildman–Crippen LogP) is 4.24. The number of methoxy groups -OCH3 is 2. The van der Waals surface area contributed by atoms with Crippen molar-refractivity contribution >= 4 is 18.0 Å². The van der Waals surface area contributed by atoms with Crippen molar-refractivity contribution in [2.24, 2.45) is 5.16 Å². The van der Waals surface area contributed by atoms with Gasteiger partial charge in [0.25, 0.3) is 0 Å². The number of hydrogen-bond donors (Lipinski definition) is 1. The van der Waals surface area contributed by atoms with Crippen molar-refractivity contribution in [2.75, 3.05) is 20.8 Å². The third-order valence-corrected chi connectivity index (χ3v) is 5.00. The van der Waals surface area contributed by atoms with Crippen molar-refractivity contribution in [2.45, 2.75) is 20.5 Å². The molecule has 0 bridgehead atoms. The van der Waals surface area contributed by atoms with Crippen LogP contribution in [0, 0.1) is 13.8 Å². The summed E-state index contributed by atoms with van der Waals surface area (Å²) in [5.74, 6) is 0.335. The first-order valence-electron chi connectivity index (χ1n) is 10.2. The van der Waals surface area contributed by atoms with Gasteiger partial charge in [-0.15, -0.1) is 0 Å². The van der Waals surface area contributed by atoms with Gasteiger partial charge >= 0.3 is 5.97 Å². The molecule has 3 rings (SSSR count). The molecule has 0 atom stereocenters. The number of hydrogen-bond acceptors (Lipinski definition) is 7. The van der Waals surface area contributed by atoms with E-state index in [0.29, 0.717) is 46.2 Å². The van der Waals surface area contributed by atoms with Crippen LogP contribution >= 0.6 is 0 Å². The number of oxime groups is 1. The van der Waals surface area contributed by atoms with Crippen LogP contribution in [0.1, 0.15) is 43.2 Å². The SMILES string of the molecule is COC(=O)c1c(C)[nH]c(C(=O)CO/N=C/c2ccc(OCc3ccccc3)c(OC)c2)c1C. The van der Waals surface area contributed by atoms with E-state index >= 15 is 0 Å². The Morgan fingerprint density at radius 3 is 2.48 bits per heavy atom. The Labute approximate surface area is 192 Å². The maximum Gasteiger partial charge on any atom is 0.339 e. The van der Waals surface area contributed by atoms with Crippen molar-refractivity contribution in [3.63, 3.8) is 0 Å². The maximum absolute atomic E-state index is 12.5. The second kappa shape index (κ2) is 11.0. The third kappa shape index (κ3) is 5.79. The van der Waals surface area contributed by atoms with Crippen LogP contribution in [-0.2, 0) is 16.2 Å². The van der Waals surface area contributed by atoms with E-state index in [0.717, 1.165) is 5.56 Å². The van der Waals surface area contributed by atoms with Gasteiger partial charge in [-0.25, -0.2) is 4.79 Å². The number of aromatic amines is 1.